The molecule has 0 aliphatic carbocycles. The van der Waals surface area contributed by atoms with Gasteiger partial charge in [-0.05, 0) is 36.2 Å². The number of nitrogens with zero attached hydrogens (tertiary/aromatic N) is 1. The summed E-state index contributed by atoms with van der Waals surface area (Å²) in [5.74, 6) is -0.492. The lowest BCUT2D eigenvalue weighted by Gasteiger charge is -2.03. The Labute approximate surface area is 137 Å². The predicted molar refractivity (Wildman–Crippen MR) is 84.5 cm³/mol. The number of furan rings is 1. The van der Waals surface area contributed by atoms with Crippen LogP contribution in [-0.4, -0.2) is 21.8 Å². The molecule has 0 fully saturated rings. The van der Waals surface area contributed by atoms with E-state index < -0.39 is 0 Å². The van der Waals surface area contributed by atoms with Crippen molar-refractivity contribution in [2.24, 2.45) is 0 Å². The van der Waals surface area contributed by atoms with Gasteiger partial charge in [0.15, 0.2) is 11.5 Å². The summed E-state index contributed by atoms with van der Waals surface area (Å²) in [4.78, 5) is 24.7. The van der Waals surface area contributed by atoms with Crippen molar-refractivity contribution < 1.29 is 18.4 Å². The minimum atomic E-state index is -0.354. The molecule has 0 aliphatic rings. The van der Waals surface area contributed by atoms with E-state index in [2.05, 4.69) is 10.2 Å². The fourth-order valence-corrected chi connectivity index (χ4v) is 2.47. The van der Waals surface area contributed by atoms with Gasteiger partial charge in [-0.3, -0.25) is 14.7 Å². The third-order valence-electron chi connectivity index (χ3n) is 3.74. The molecule has 2 heterocycles. The summed E-state index contributed by atoms with van der Waals surface area (Å²) in [6.07, 6.45) is 3.05. The van der Waals surface area contributed by atoms with E-state index in [9.17, 15) is 14.0 Å². The number of Topliss-reactive ketones (excluding diaryl/α,β-unsaturated/α-hetero) is 2. The Kier molecular flexibility index (Phi) is 4.37. The maximum atomic E-state index is 12.9. The van der Waals surface area contributed by atoms with Gasteiger partial charge in [0.2, 0.25) is 5.78 Å². The van der Waals surface area contributed by atoms with Gasteiger partial charge in [0.05, 0.1) is 12.5 Å². The lowest BCUT2D eigenvalue weighted by molar-refractivity contribution is 0.0964. The number of aromatic nitrogens is 2. The second-order valence-corrected chi connectivity index (χ2v) is 5.53. The highest BCUT2D eigenvalue weighted by Gasteiger charge is 2.20. The van der Waals surface area contributed by atoms with Gasteiger partial charge in [-0.1, -0.05) is 12.1 Å². The van der Waals surface area contributed by atoms with Gasteiger partial charge >= 0.3 is 0 Å². The summed E-state index contributed by atoms with van der Waals surface area (Å²) in [7, 11) is 0. The highest BCUT2D eigenvalue weighted by atomic mass is 19.1. The normalized spacial score (nSPS) is 10.8. The summed E-state index contributed by atoms with van der Waals surface area (Å²) in [5, 5.41) is 6.51. The molecule has 6 heteroatoms. The molecular formula is C18H15FN2O3. The predicted octanol–water partition coefficient (Wildman–Crippen LogP) is 3.30. The van der Waals surface area contributed by atoms with Crippen LogP contribution in [0.5, 0.6) is 0 Å². The summed E-state index contributed by atoms with van der Waals surface area (Å²) >= 11 is 0. The molecule has 1 N–H and O–H groups in total. The van der Waals surface area contributed by atoms with E-state index in [1.807, 2.05) is 0 Å². The molecule has 0 atom stereocenters. The Balaban J connectivity index is 1.75. The number of benzene rings is 1. The van der Waals surface area contributed by atoms with Crippen LogP contribution in [0.1, 0.15) is 37.7 Å². The smallest absolute Gasteiger partial charge is 0.202 e. The second-order valence-electron chi connectivity index (χ2n) is 5.53. The van der Waals surface area contributed by atoms with Crippen LogP contribution in [0.15, 0.2) is 47.2 Å². The van der Waals surface area contributed by atoms with E-state index in [1.165, 1.54) is 24.6 Å². The van der Waals surface area contributed by atoms with Crippen molar-refractivity contribution >= 4 is 11.6 Å². The number of H-pyrrole nitrogens is 1. The molecule has 0 saturated heterocycles. The molecule has 0 amide bonds. The van der Waals surface area contributed by atoms with E-state index in [4.69, 9.17) is 4.42 Å². The Hall–Kier alpha value is -3.02. The number of ketones is 2. The van der Waals surface area contributed by atoms with Crippen LogP contribution >= 0.6 is 0 Å². The van der Waals surface area contributed by atoms with Gasteiger partial charge in [-0.15, -0.1) is 0 Å². The van der Waals surface area contributed by atoms with Gasteiger partial charge in [0.25, 0.3) is 0 Å². The molecule has 0 aliphatic heterocycles. The summed E-state index contributed by atoms with van der Waals surface area (Å²) in [6, 6.07) is 7.43. The maximum Gasteiger partial charge on any atom is 0.202 e. The maximum absolute atomic E-state index is 12.9. The molecule has 1 aromatic carbocycles. The molecule has 0 unspecified atom stereocenters. The van der Waals surface area contributed by atoms with Crippen LogP contribution in [0.4, 0.5) is 4.39 Å². The zero-order valence-electron chi connectivity index (χ0n) is 13.0. The number of carbonyl (C=O) groups excluding carboxylic acids is 2. The number of aryl methyl sites for hydroxylation is 1. The van der Waals surface area contributed by atoms with Crippen LogP contribution in [0.2, 0.25) is 0 Å². The highest BCUT2D eigenvalue weighted by molar-refractivity contribution is 6.01. The minimum absolute atomic E-state index is 0.0232. The van der Waals surface area contributed by atoms with Gasteiger partial charge in [-0.2, -0.15) is 5.10 Å². The highest BCUT2D eigenvalue weighted by Crippen LogP contribution is 2.16. The van der Waals surface area contributed by atoms with Crippen molar-refractivity contribution in [1.29, 1.82) is 0 Å². The zero-order chi connectivity index (χ0) is 17.1. The third kappa shape index (κ3) is 3.32. The van der Waals surface area contributed by atoms with Gasteiger partial charge < -0.3 is 4.42 Å². The summed E-state index contributed by atoms with van der Waals surface area (Å²) < 4.78 is 18.1. The van der Waals surface area contributed by atoms with Gasteiger partial charge in [0.1, 0.15) is 11.5 Å². The molecule has 0 radical (unpaired) electrons. The average molecular weight is 326 g/mol. The first-order valence-corrected chi connectivity index (χ1v) is 7.42. The first-order valence-electron chi connectivity index (χ1n) is 7.42. The standard InChI is InChI=1S/C18H15FN2O3/c1-11-6-7-24-18(11)16(23)9-13-10-20-21-17(13)15(22)8-12-2-4-14(19)5-3-12/h2-7,10H,8-9H2,1H3,(H,20,21). The Morgan fingerprint density at radius 1 is 1.12 bits per heavy atom. The molecule has 2 aromatic heterocycles. The molecule has 0 bridgehead atoms. The van der Waals surface area contributed by atoms with Crippen molar-refractivity contribution in [3.05, 3.63) is 76.8 Å². The van der Waals surface area contributed by atoms with E-state index in [1.54, 1.807) is 25.1 Å². The van der Waals surface area contributed by atoms with E-state index >= 15 is 0 Å². The Morgan fingerprint density at radius 3 is 2.54 bits per heavy atom. The van der Waals surface area contributed by atoms with Gasteiger partial charge in [-0.25, -0.2) is 4.39 Å². The molecular weight excluding hydrogens is 311 g/mol. The largest absolute Gasteiger partial charge is 0.461 e. The SMILES string of the molecule is Cc1ccoc1C(=O)Cc1cn[nH]c1C(=O)Cc1ccc(F)cc1. The van der Waals surface area contributed by atoms with E-state index in [0.717, 1.165) is 5.56 Å². The van der Waals surface area contributed by atoms with Crippen molar-refractivity contribution in [3.63, 3.8) is 0 Å². The van der Waals surface area contributed by atoms with Crippen molar-refractivity contribution in [2.75, 3.05) is 0 Å². The number of carbonyl (C=O) groups is 2. The number of aromatic amines is 1. The quantitative estimate of drug-likeness (QED) is 0.705. The van der Waals surface area contributed by atoms with Crippen molar-refractivity contribution in [1.82, 2.24) is 10.2 Å². The van der Waals surface area contributed by atoms with Crippen LogP contribution in [0, 0.1) is 12.7 Å². The van der Waals surface area contributed by atoms with Crippen LogP contribution in [-0.2, 0) is 12.8 Å². The molecule has 0 saturated carbocycles. The molecule has 3 rings (SSSR count). The van der Waals surface area contributed by atoms with Crippen LogP contribution in [0.25, 0.3) is 0 Å². The topological polar surface area (TPSA) is 76.0 Å². The lowest BCUT2D eigenvalue weighted by Crippen LogP contribution is -2.10. The second kappa shape index (κ2) is 6.62. The molecule has 122 valence electrons. The summed E-state index contributed by atoms with van der Waals surface area (Å²) in [6.45, 7) is 1.78. The van der Waals surface area contributed by atoms with E-state index in [-0.39, 0.29) is 41.7 Å². The molecule has 3 aromatic rings. The fraction of sp³-hybridized carbons (Fsp3) is 0.167. The lowest BCUT2D eigenvalue weighted by atomic mass is 10.0. The monoisotopic (exact) mass is 326 g/mol. The zero-order valence-corrected chi connectivity index (χ0v) is 13.0. The first-order chi connectivity index (χ1) is 11.5. The van der Waals surface area contributed by atoms with E-state index in [0.29, 0.717) is 11.1 Å². The average Bonchev–Trinajstić information content (AvgIpc) is 3.18. The van der Waals surface area contributed by atoms with Crippen molar-refractivity contribution in [3.8, 4) is 0 Å². The Bertz CT molecular complexity index is 878. The number of hydrogen-bond acceptors (Lipinski definition) is 4. The first kappa shape index (κ1) is 15.9. The molecule has 5 nitrogen and oxygen atoms in total. The number of hydrogen-bond donors (Lipinski definition) is 1. The number of nitrogens with one attached hydrogen (secondary N) is 1. The molecule has 0 spiro atoms. The van der Waals surface area contributed by atoms with Crippen LogP contribution < -0.4 is 0 Å². The Morgan fingerprint density at radius 2 is 1.88 bits per heavy atom. The van der Waals surface area contributed by atoms with Gasteiger partial charge in [0, 0.05) is 18.4 Å². The third-order valence-corrected chi connectivity index (χ3v) is 3.74. The molecule has 24 heavy (non-hydrogen) atoms. The van der Waals surface area contributed by atoms with Crippen molar-refractivity contribution in [2.45, 2.75) is 19.8 Å². The number of halogens is 1. The summed E-state index contributed by atoms with van der Waals surface area (Å²) in [5.41, 5.74) is 2.25. The van der Waals surface area contributed by atoms with Crippen LogP contribution in [0.3, 0.4) is 0 Å². The minimum Gasteiger partial charge on any atom is -0.461 e. The fourth-order valence-electron chi connectivity index (χ4n) is 2.47. The number of rotatable bonds is 6.